The summed E-state index contributed by atoms with van der Waals surface area (Å²) in [5.74, 6) is 9.23. The lowest BCUT2D eigenvalue weighted by Crippen LogP contribution is -2.39. The van der Waals surface area contributed by atoms with E-state index in [1.165, 1.54) is 19.3 Å². The number of cyclic esters (lactones) is 1. The van der Waals surface area contributed by atoms with Crippen LogP contribution in [-0.2, 0) is 9.53 Å². The molecule has 4 saturated carbocycles. The molecule has 1 heterocycles. The summed E-state index contributed by atoms with van der Waals surface area (Å²) in [6, 6.07) is 0. The van der Waals surface area contributed by atoms with Crippen molar-refractivity contribution in [2.45, 2.75) is 46.0 Å². The SMILES string of the molecule is CC1C(C)C2CC1C1C3CC(CC4CCOC4=O)C(C3)C21. The van der Waals surface area contributed by atoms with E-state index in [0.29, 0.717) is 6.61 Å². The van der Waals surface area contributed by atoms with Crippen LogP contribution in [0.15, 0.2) is 0 Å². The Labute approximate surface area is 128 Å². The van der Waals surface area contributed by atoms with Crippen molar-refractivity contribution in [3.05, 3.63) is 0 Å². The highest BCUT2D eigenvalue weighted by atomic mass is 16.5. The van der Waals surface area contributed by atoms with E-state index >= 15 is 0 Å². The third-order valence-electron chi connectivity index (χ3n) is 8.61. The standard InChI is InChI=1S/C19H28O2/c1-9-10(2)15-8-14(9)17-13-6-12(16(7-13)18(15)17)5-11-3-4-21-19(11)20/h9-18H,3-8H2,1-2H3. The lowest BCUT2D eigenvalue weighted by atomic mass is 9.61. The van der Waals surface area contributed by atoms with E-state index in [-0.39, 0.29) is 11.9 Å². The second-order valence-corrected chi connectivity index (χ2v) is 8.98. The van der Waals surface area contributed by atoms with Gasteiger partial charge in [-0.25, -0.2) is 0 Å². The van der Waals surface area contributed by atoms with Gasteiger partial charge in [-0.1, -0.05) is 13.8 Å². The van der Waals surface area contributed by atoms with Gasteiger partial charge in [0.1, 0.15) is 0 Å². The monoisotopic (exact) mass is 288 g/mol. The summed E-state index contributed by atoms with van der Waals surface area (Å²) in [6.45, 7) is 5.71. The van der Waals surface area contributed by atoms with Crippen molar-refractivity contribution in [2.24, 2.45) is 59.2 Å². The van der Waals surface area contributed by atoms with Gasteiger partial charge in [0.2, 0.25) is 0 Å². The van der Waals surface area contributed by atoms with Crippen LogP contribution in [0.4, 0.5) is 0 Å². The van der Waals surface area contributed by atoms with Crippen LogP contribution in [0.1, 0.15) is 46.0 Å². The Balaban J connectivity index is 1.35. The number of carbonyl (C=O) groups excluding carboxylic acids is 1. The summed E-state index contributed by atoms with van der Waals surface area (Å²) >= 11 is 0. The molecule has 0 aromatic rings. The lowest BCUT2D eigenvalue weighted by Gasteiger charge is -2.44. The van der Waals surface area contributed by atoms with Crippen molar-refractivity contribution < 1.29 is 9.53 Å². The number of rotatable bonds is 2. The first kappa shape index (κ1) is 13.0. The fourth-order valence-electron chi connectivity index (χ4n) is 7.75. The first-order valence-electron chi connectivity index (χ1n) is 9.31. The molecule has 2 nitrogen and oxygen atoms in total. The van der Waals surface area contributed by atoms with Gasteiger partial charge in [-0.15, -0.1) is 0 Å². The number of fused-ring (bicyclic) bond motifs is 9. The Kier molecular flexibility index (Phi) is 2.63. The van der Waals surface area contributed by atoms with Crippen molar-refractivity contribution in [3.63, 3.8) is 0 Å². The van der Waals surface area contributed by atoms with Crippen LogP contribution in [0.25, 0.3) is 0 Å². The average molecular weight is 288 g/mol. The molecule has 0 N–H and O–H groups in total. The number of carbonyl (C=O) groups is 1. The minimum Gasteiger partial charge on any atom is -0.465 e. The maximum absolute atomic E-state index is 11.8. The molecule has 0 aromatic heterocycles. The summed E-state index contributed by atoms with van der Waals surface area (Å²) in [7, 11) is 0. The predicted octanol–water partition coefficient (Wildman–Crippen LogP) is 3.75. The normalized spacial score (nSPS) is 60.6. The fourth-order valence-corrected chi connectivity index (χ4v) is 7.75. The van der Waals surface area contributed by atoms with Crippen LogP contribution >= 0.6 is 0 Å². The summed E-state index contributed by atoms with van der Waals surface area (Å²) in [4.78, 5) is 11.8. The van der Waals surface area contributed by atoms with E-state index < -0.39 is 0 Å². The summed E-state index contributed by atoms with van der Waals surface area (Å²) < 4.78 is 5.18. The quantitative estimate of drug-likeness (QED) is 0.571. The van der Waals surface area contributed by atoms with Crippen LogP contribution in [0.2, 0.25) is 0 Å². The predicted molar refractivity (Wildman–Crippen MR) is 80.3 cm³/mol. The zero-order valence-corrected chi connectivity index (χ0v) is 13.3. The van der Waals surface area contributed by atoms with Crippen molar-refractivity contribution in [2.75, 3.05) is 6.61 Å². The molecule has 10 atom stereocenters. The molecule has 0 amide bonds. The molecule has 116 valence electrons. The Morgan fingerprint density at radius 3 is 2.48 bits per heavy atom. The smallest absolute Gasteiger partial charge is 0.309 e. The van der Waals surface area contributed by atoms with Crippen LogP contribution in [-0.4, -0.2) is 12.6 Å². The third-order valence-corrected chi connectivity index (χ3v) is 8.61. The first-order chi connectivity index (χ1) is 10.1. The van der Waals surface area contributed by atoms with Gasteiger partial charge >= 0.3 is 5.97 Å². The van der Waals surface area contributed by atoms with Gasteiger partial charge in [-0.05, 0) is 85.4 Å². The average Bonchev–Trinajstić information content (AvgIpc) is 3.21. The number of hydrogen-bond donors (Lipinski definition) is 0. The Morgan fingerprint density at radius 2 is 1.76 bits per heavy atom. The maximum Gasteiger partial charge on any atom is 0.309 e. The summed E-state index contributed by atoms with van der Waals surface area (Å²) in [5.41, 5.74) is 0. The van der Waals surface area contributed by atoms with Crippen LogP contribution in [0.5, 0.6) is 0 Å². The molecule has 10 unspecified atom stereocenters. The molecule has 4 aliphatic carbocycles. The molecule has 5 aliphatic rings. The van der Waals surface area contributed by atoms with E-state index in [1.54, 1.807) is 0 Å². The Morgan fingerprint density at radius 1 is 1.00 bits per heavy atom. The van der Waals surface area contributed by atoms with Gasteiger partial charge in [0.25, 0.3) is 0 Å². The molecule has 21 heavy (non-hydrogen) atoms. The van der Waals surface area contributed by atoms with Gasteiger partial charge in [0.15, 0.2) is 0 Å². The van der Waals surface area contributed by atoms with Crippen LogP contribution in [0.3, 0.4) is 0 Å². The van der Waals surface area contributed by atoms with Gasteiger partial charge in [0.05, 0.1) is 12.5 Å². The maximum atomic E-state index is 11.8. The van der Waals surface area contributed by atoms with E-state index in [4.69, 9.17) is 4.74 Å². The molecule has 5 rings (SSSR count). The minimum absolute atomic E-state index is 0.101. The Hall–Kier alpha value is -0.530. The van der Waals surface area contributed by atoms with Gasteiger partial charge in [-0.2, -0.15) is 0 Å². The highest BCUT2D eigenvalue weighted by Crippen LogP contribution is 2.71. The van der Waals surface area contributed by atoms with Gasteiger partial charge in [-0.3, -0.25) is 4.79 Å². The van der Waals surface area contributed by atoms with E-state index in [9.17, 15) is 4.79 Å². The second-order valence-electron chi connectivity index (χ2n) is 8.98. The largest absolute Gasteiger partial charge is 0.465 e. The van der Waals surface area contributed by atoms with E-state index in [2.05, 4.69) is 13.8 Å². The third kappa shape index (κ3) is 1.57. The molecule has 0 radical (unpaired) electrons. The lowest BCUT2D eigenvalue weighted by molar-refractivity contribution is -0.141. The van der Waals surface area contributed by atoms with Gasteiger partial charge in [0, 0.05) is 0 Å². The van der Waals surface area contributed by atoms with Crippen molar-refractivity contribution in [1.82, 2.24) is 0 Å². The van der Waals surface area contributed by atoms with Crippen molar-refractivity contribution in [3.8, 4) is 0 Å². The number of ether oxygens (including phenoxy) is 1. The summed E-state index contributed by atoms with van der Waals surface area (Å²) in [5, 5.41) is 0. The van der Waals surface area contributed by atoms with Crippen molar-refractivity contribution in [1.29, 1.82) is 0 Å². The topological polar surface area (TPSA) is 26.3 Å². The zero-order chi connectivity index (χ0) is 14.3. The summed E-state index contributed by atoms with van der Waals surface area (Å²) in [6.07, 6.45) is 6.59. The molecule has 2 heteroatoms. The molecule has 1 aliphatic heterocycles. The second kappa shape index (κ2) is 4.26. The number of esters is 1. The zero-order valence-electron chi connectivity index (χ0n) is 13.3. The molecule has 1 saturated heterocycles. The van der Waals surface area contributed by atoms with Gasteiger partial charge < -0.3 is 4.74 Å². The van der Waals surface area contributed by atoms with Crippen LogP contribution < -0.4 is 0 Å². The van der Waals surface area contributed by atoms with Crippen LogP contribution in [0, 0.1) is 59.2 Å². The molecule has 4 bridgehead atoms. The van der Waals surface area contributed by atoms with E-state index in [1.807, 2.05) is 0 Å². The molecule has 5 fully saturated rings. The highest BCUT2D eigenvalue weighted by molar-refractivity contribution is 5.74. The highest BCUT2D eigenvalue weighted by Gasteiger charge is 2.65. The molecule has 0 spiro atoms. The first-order valence-corrected chi connectivity index (χ1v) is 9.31. The minimum atomic E-state index is 0.101. The molecule has 0 aromatic carbocycles. The van der Waals surface area contributed by atoms with E-state index in [0.717, 1.165) is 66.1 Å². The van der Waals surface area contributed by atoms with Crippen molar-refractivity contribution >= 4 is 5.97 Å². The molecular weight excluding hydrogens is 260 g/mol. The number of hydrogen-bond acceptors (Lipinski definition) is 2. The molecular formula is C19H28O2. The fraction of sp³-hybridized carbons (Fsp3) is 0.947. The Bertz CT molecular complexity index is 472.